The molecule has 0 spiro atoms. The van der Waals surface area contributed by atoms with Crippen LogP contribution in [0.1, 0.15) is 33.4 Å². The van der Waals surface area contributed by atoms with Crippen molar-refractivity contribution in [1.29, 1.82) is 0 Å². The molecule has 1 aliphatic heterocycles. The van der Waals surface area contributed by atoms with Gasteiger partial charge < -0.3 is 23.9 Å². The Bertz CT molecular complexity index is 1800. The van der Waals surface area contributed by atoms with Crippen LogP contribution >= 0.6 is 35.4 Å². The molecule has 1 saturated heterocycles. The molecule has 2 aromatic heterocycles. The first-order chi connectivity index (χ1) is 20.0. The minimum absolute atomic E-state index is 0.0248. The van der Waals surface area contributed by atoms with E-state index in [2.05, 4.69) is 10.5 Å². The number of hydrogen-bond acceptors (Lipinski definition) is 7. The first-order valence-corrected chi connectivity index (χ1v) is 14.1. The number of piperazine rings is 1. The van der Waals surface area contributed by atoms with Gasteiger partial charge >= 0.3 is 0 Å². The van der Waals surface area contributed by atoms with Gasteiger partial charge in [-0.3, -0.25) is 19.8 Å². The van der Waals surface area contributed by atoms with Crippen molar-refractivity contribution < 1.29 is 28.5 Å². The number of halogens is 3. The summed E-state index contributed by atoms with van der Waals surface area (Å²) in [4.78, 5) is 39.9. The van der Waals surface area contributed by atoms with E-state index in [0.717, 1.165) is 11.0 Å². The van der Waals surface area contributed by atoms with Crippen LogP contribution in [-0.4, -0.2) is 57.8 Å². The molecule has 1 aliphatic rings. The number of nitrogens with one attached hydrogen (secondary N) is 2. The van der Waals surface area contributed by atoms with E-state index in [-0.39, 0.29) is 27.5 Å². The van der Waals surface area contributed by atoms with E-state index in [4.69, 9.17) is 39.9 Å². The molecule has 218 valence electrons. The molecule has 1 amide bonds. The fourth-order valence-electron chi connectivity index (χ4n) is 5.11. The molecule has 42 heavy (non-hydrogen) atoms. The number of carboxylic acid groups (broad SMARTS) is 1. The Labute approximate surface area is 254 Å². The third kappa shape index (κ3) is 5.38. The molecule has 0 unspecified atom stereocenters. The number of rotatable bonds is 5. The molecule has 2 N–H and O–H groups in total. The number of carboxylic acids is 1. The van der Waals surface area contributed by atoms with Gasteiger partial charge in [-0.25, -0.2) is 4.39 Å². The number of aryl methyl sites for hydroxylation is 2. The Balaban J connectivity index is 1.32. The van der Waals surface area contributed by atoms with E-state index in [1.54, 1.807) is 47.6 Å². The molecule has 0 atom stereocenters. The van der Waals surface area contributed by atoms with Crippen LogP contribution in [0.2, 0.25) is 10.0 Å². The van der Waals surface area contributed by atoms with Crippen LogP contribution in [-0.2, 0) is 6.54 Å². The Hall–Kier alpha value is -3.84. The average molecular weight is 633 g/mol. The minimum Gasteiger partial charge on any atom is -0.545 e. The van der Waals surface area contributed by atoms with Gasteiger partial charge in [0.15, 0.2) is 22.0 Å². The average Bonchev–Trinajstić information content (AvgIpc) is 3.33. The highest BCUT2D eigenvalue weighted by atomic mass is 35.5. The van der Waals surface area contributed by atoms with E-state index >= 15 is 4.39 Å². The third-order valence-electron chi connectivity index (χ3n) is 7.27. The Morgan fingerprint density at radius 3 is 2.50 bits per heavy atom. The number of benzene rings is 2. The number of nitrogens with zero attached hydrogens (tertiary/aromatic N) is 3. The summed E-state index contributed by atoms with van der Waals surface area (Å²) in [5.74, 6) is -2.50. The zero-order chi connectivity index (χ0) is 30.3. The predicted octanol–water partition coefficient (Wildman–Crippen LogP) is 2.34. The molecule has 0 radical (unpaired) electrons. The van der Waals surface area contributed by atoms with Crippen molar-refractivity contribution in [1.82, 2.24) is 19.9 Å². The molecular formula is C28H24Cl2FN5O5S. The lowest BCUT2D eigenvalue weighted by atomic mass is 10.1. The van der Waals surface area contributed by atoms with Crippen molar-refractivity contribution in [3.8, 4) is 11.3 Å². The Morgan fingerprint density at radius 2 is 1.88 bits per heavy atom. The molecular weight excluding hydrogens is 608 g/mol. The van der Waals surface area contributed by atoms with Gasteiger partial charge in [0.2, 0.25) is 0 Å². The lowest BCUT2D eigenvalue weighted by Crippen LogP contribution is -3.10. The van der Waals surface area contributed by atoms with Gasteiger partial charge in [0.25, 0.3) is 5.91 Å². The van der Waals surface area contributed by atoms with Gasteiger partial charge in [0.1, 0.15) is 17.0 Å². The molecule has 10 nitrogen and oxygen atoms in total. The largest absolute Gasteiger partial charge is 0.545 e. The summed E-state index contributed by atoms with van der Waals surface area (Å²) < 4.78 is 22.1. The number of aromatic carboxylic acids is 1. The SMILES string of the molecule is CCn1cc(C(=O)[O-])c(=O)c2cc(F)c([NH+]3CCN(C(=S)NC(=O)c4c(-c5c(Cl)cccc5Cl)noc4C)CC3)cc21. The molecule has 5 rings (SSSR count). The number of aromatic nitrogens is 2. The molecule has 1 fully saturated rings. The number of amides is 1. The van der Waals surface area contributed by atoms with Crippen LogP contribution in [0.5, 0.6) is 0 Å². The highest BCUT2D eigenvalue weighted by Gasteiger charge is 2.30. The summed E-state index contributed by atoms with van der Waals surface area (Å²) in [5, 5.41) is 18.9. The maximum Gasteiger partial charge on any atom is 0.263 e. The number of carbonyl (C=O) groups excluding carboxylic acids is 2. The maximum absolute atomic E-state index is 15.2. The van der Waals surface area contributed by atoms with Crippen molar-refractivity contribution in [3.05, 3.63) is 79.5 Å². The lowest BCUT2D eigenvalue weighted by molar-refractivity contribution is -0.838. The number of pyridine rings is 1. The fraction of sp³-hybridized carbons (Fsp3) is 0.250. The monoisotopic (exact) mass is 631 g/mol. The van der Waals surface area contributed by atoms with E-state index in [0.29, 0.717) is 59.5 Å². The van der Waals surface area contributed by atoms with Crippen LogP contribution in [0.3, 0.4) is 0 Å². The topological polar surface area (TPSA) is 125 Å². The van der Waals surface area contributed by atoms with Gasteiger partial charge in [0, 0.05) is 29.8 Å². The molecule has 14 heteroatoms. The van der Waals surface area contributed by atoms with Gasteiger partial charge in [-0.05, 0) is 44.3 Å². The number of thiocarbonyl (C=S) groups is 1. The zero-order valence-corrected chi connectivity index (χ0v) is 24.8. The van der Waals surface area contributed by atoms with E-state index < -0.39 is 28.7 Å². The summed E-state index contributed by atoms with van der Waals surface area (Å²) in [6.45, 7) is 5.45. The summed E-state index contributed by atoms with van der Waals surface area (Å²) in [6, 6.07) is 7.60. The molecule has 0 aliphatic carbocycles. The van der Waals surface area contributed by atoms with Crippen LogP contribution in [0.15, 0.2) is 45.8 Å². The van der Waals surface area contributed by atoms with E-state index in [1.165, 1.54) is 6.20 Å². The highest BCUT2D eigenvalue weighted by Crippen LogP contribution is 2.36. The van der Waals surface area contributed by atoms with E-state index in [9.17, 15) is 19.5 Å². The lowest BCUT2D eigenvalue weighted by Gasteiger charge is -2.33. The second kappa shape index (κ2) is 11.8. The maximum atomic E-state index is 15.2. The van der Waals surface area contributed by atoms with Crippen molar-refractivity contribution in [3.63, 3.8) is 0 Å². The first-order valence-electron chi connectivity index (χ1n) is 13.0. The highest BCUT2D eigenvalue weighted by molar-refractivity contribution is 7.80. The predicted molar refractivity (Wildman–Crippen MR) is 157 cm³/mol. The second-order valence-corrected chi connectivity index (χ2v) is 10.9. The van der Waals surface area contributed by atoms with Crippen molar-refractivity contribution >= 4 is 69.0 Å². The van der Waals surface area contributed by atoms with Gasteiger partial charge in [-0.15, -0.1) is 0 Å². The number of fused-ring (bicyclic) bond motifs is 1. The number of hydrogen-bond donors (Lipinski definition) is 2. The molecule has 0 saturated carbocycles. The number of quaternary nitrogens is 1. The fourth-order valence-corrected chi connectivity index (χ4v) is 5.96. The summed E-state index contributed by atoms with van der Waals surface area (Å²) in [7, 11) is 0. The summed E-state index contributed by atoms with van der Waals surface area (Å²) in [5.41, 5.74) is 0.190. The summed E-state index contributed by atoms with van der Waals surface area (Å²) >= 11 is 18.2. The minimum atomic E-state index is -1.61. The van der Waals surface area contributed by atoms with Crippen LogP contribution in [0, 0.1) is 12.7 Å². The zero-order valence-electron chi connectivity index (χ0n) is 22.4. The van der Waals surface area contributed by atoms with Crippen molar-refractivity contribution in [2.75, 3.05) is 26.2 Å². The van der Waals surface area contributed by atoms with Crippen molar-refractivity contribution in [2.45, 2.75) is 20.4 Å². The van der Waals surface area contributed by atoms with Gasteiger partial charge in [-0.2, -0.15) is 0 Å². The molecule has 0 bridgehead atoms. The smallest absolute Gasteiger partial charge is 0.263 e. The van der Waals surface area contributed by atoms with Crippen LogP contribution < -0.4 is 20.8 Å². The van der Waals surface area contributed by atoms with E-state index in [1.807, 2.05) is 0 Å². The Kier molecular flexibility index (Phi) is 8.33. The molecule has 2 aromatic carbocycles. The second-order valence-electron chi connectivity index (χ2n) is 9.70. The normalized spacial score (nSPS) is 13.9. The van der Waals surface area contributed by atoms with Crippen LogP contribution in [0.4, 0.5) is 10.1 Å². The molecule has 3 heterocycles. The van der Waals surface area contributed by atoms with Crippen LogP contribution in [0.25, 0.3) is 22.2 Å². The summed E-state index contributed by atoms with van der Waals surface area (Å²) in [6.07, 6.45) is 1.22. The Morgan fingerprint density at radius 1 is 1.21 bits per heavy atom. The van der Waals surface area contributed by atoms with Gasteiger partial charge in [-0.1, -0.05) is 34.4 Å². The first kappa shape index (κ1) is 29.6. The third-order valence-corrected chi connectivity index (χ3v) is 8.26. The standard InChI is InChI=1S/C28H24Cl2FN5O5S/c1-3-34-13-16(27(39)40)25(37)15-11-19(31)21(12-20(15)34)35-7-9-36(10-8-35)28(42)32-26(38)22-14(2)41-33-24(22)23-17(29)5-4-6-18(23)30/h4-6,11-13H,3,7-10H2,1-2H3,(H,39,40)(H,32,38,42). The molecule has 4 aromatic rings. The van der Waals surface area contributed by atoms with Crippen molar-refractivity contribution in [2.24, 2.45) is 0 Å². The quantitative estimate of drug-likeness (QED) is 0.322. The number of carbonyl (C=O) groups is 2. The van der Waals surface area contributed by atoms with Gasteiger partial charge in [0.05, 0.1) is 53.3 Å².